The first kappa shape index (κ1) is 14.5. The number of rotatable bonds is 2. The van der Waals surface area contributed by atoms with E-state index in [0.29, 0.717) is 11.1 Å². The summed E-state index contributed by atoms with van der Waals surface area (Å²) in [5.41, 5.74) is 3.35. The number of benzene rings is 2. The van der Waals surface area contributed by atoms with Crippen LogP contribution in [0.1, 0.15) is 22.3 Å². The fraction of sp³-hybridized carbons (Fsp3) is 0.125. The quantitative estimate of drug-likeness (QED) is 0.856. The van der Waals surface area contributed by atoms with Gasteiger partial charge in [0, 0.05) is 11.1 Å². The molecule has 2 aromatic rings. The lowest BCUT2D eigenvalue weighted by Gasteiger charge is -2.13. The second-order valence-electron chi connectivity index (χ2n) is 5.07. The number of nitrogens with zero attached hydrogens (tertiary/aromatic N) is 2. The van der Waals surface area contributed by atoms with Crippen LogP contribution in [0.5, 0.6) is 0 Å². The van der Waals surface area contributed by atoms with Crippen LogP contribution in [-0.4, -0.2) is 20.2 Å². The minimum atomic E-state index is -4.04. The Labute approximate surface area is 129 Å². The molecule has 0 bridgehead atoms. The van der Waals surface area contributed by atoms with Crippen LogP contribution >= 0.6 is 0 Å². The second-order valence-corrected chi connectivity index (χ2v) is 6.28. The topological polar surface area (TPSA) is 68.1 Å². The van der Waals surface area contributed by atoms with E-state index in [1.54, 1.807) is 24.3 Å². The standard InChI is InChI=1S/C16H14N2O3S/c1-11-3-7-13(8-4-11)15-17-16(21-22(19,20)18-15)14-9-5-12(2)6-10-14/h3-10H,1-2H3. The molecule has 1 aliphatic rings. The molecule has 1 aliphatic heterocycles. The van der Waals surface area contributed by atoms with Crippen LogP contribution in [0.3, 0.4) is 0 Å². The summed E-state index contributed by atoms with van der Waals surface area (Å²) in [6.45, 7) is 3.90. The number of hydrogen-bond donors (Lipinski definition) is 0. The molecule has 6 heteroatoms. The van der Waals surface area contributed by atoms with Gasteiger partial charge in [0.05, 0.1) is 0 Å². The summed E-state index contributed by atoms with van der Waals surface area (Å²) in [7, 11) is -4.04. The average molecular weight is 314 g/mol. The monoisotopic (exact) mass is 314 g/mol. The maximum atomic E-state index is 11.9. The predicted octanol–water partition coefficient (Wildman–Crippen LogP) is 2.77. The SMILES string of the molecule is Cc1ccc(C2=NS(=O)(=O)OC(c3ccc(C)cc3)=N2)cc1. The number of amidine groups is 1. The van der Waals surface area contributed by atoms with E-state index in [0.717, 1.165) is 11.1 Å². The van der Waals surface area contributed by atoms with E-state index in [1.807, 2.05) is 38.1 Å². The van der Waals surface area contributed by atoms with E-state index < -0.39 is 10.3 Å². The summed E-state index contributed by atoms with van der Waals surface area (Å²) in [4.78, 5) is 4.24. The first-order valence-electron chi connectivity index (χ1n) is 6.70. The van der Waals surface area contributed by atoms with Crippen LogP contribution in [0, 0.1) is 13.8 Å². The van der Waals surface area contributed by atoms with E-state index in [9.17, 15) is 8.42 Å². The van der Waals surface area contributed by atoms with E-state index in [-0.39, 0.29) is 11.7 Å². The van der Waals surface area contributed by atoms with E-state index in [1.165, 1.54) is 0 Å². The van der Waals surface area contributed by atoms with Crippen LogP contribution in [0.2, 0.25) is 0 Å². The molecule has 0 amide bonds. The molecular weight excluding hydrogens is 300 g/mol. The third-order valence-electron chi connectivity index (χ3n) is 3.20. The van der Waals surface area contributed by atoms with Crippen molar-refractivity contribution in [3.63, 3.8) is 0 Å². The van der Waals surface area contributed by atoms with Crippen LogP contribution in [0.25, 0.3) is 0 Å². The molecule has 0 N–H and O–H groups in total. The van der Waals surface area contributed by atoms with Gasteiger partial charge in [0.2, 0.25) is 5.90 Å². The lowest BCUT2D eigenvalue weighted by atomic mass is 10.1. The van der Waals surface area contributed by atoms with Crippen molar-refractivity contribution >= 4 is 22.0 Å². The van der Waals surface area contributed by atoms with Crippen molar-refractivity contribution in [2.24, 2.45) is 9.39 Å². The van der Waals surface area contributed by atoms with Crippen LogP contribution in [0.15, 0.2) is 57.9 Å². The van der Waals surface area contributed by atoms with E-state index in [2.05, 4.69) is 9.39 Å². The zero-order chi connectivity index (χ0) is 15.7. The van der Waals surface area contributed by atoms with Crippen molar-refractivity contribution in [2.45, 2.75) is 13.8 Å². The molecule has 112 valence electrons. The Bertz CT molecular complexity index is 865. The van der Waals surface area contributed by atoms with Gasteiger partial charge < -0.3 is 4.18 Å². The second kappa shape index (κ2) is 5.38. The molecule has 0 atom stereocenters. The highest BCUT2D eigenvalue weighted by Crippen LogP contribution is 2.17. The Morgan fingerprint density at radius 2 is 1.32 bits per heavy atom. The molecule has 5 nitrogen and oxygen atoms in total. The lowest BCUT2D eigenvalue weighted by Crippen LogP contribution is -2.21. The minimum Gasteiger partial charge on any atom is -0.344 e. The minimum absolute atomic E-state index is 0.0329. The third kappa shape index (κ3) is 3.07. The zero-order valence-electron chi connectivity index (χ0n) is 12.1. The highest BCUT2D eigenvalue weighted by molar-refractivity contribution is 7.86. The summed E-state index contributed by atoms with van der Waals surface area (Å²) < 4.78 is 32.2. The van der Waals surface area contributed by atoms with Gasteiger partial charge in [-0.3, -0.25) is 0 Å². The first-order chi connectivity index (χ1) is 10.4. The summed E-state index contributed by atoms with van der Waals surface area (Å²) in [5, 5.41) is 0. The van der Waals surface area contributed by atoms with Gasteiger partial charge >= 0.3 is 10.3 Å². The molecule has 2 aromatic carbocycles. The fourth-order valence-electron chi connectivity index (χ4n) is 1.99. The largest absolute Gasteiger partial charge is 0.432 e. The molecule has 0 unspecified atom stereocenters. The molecule has 22 heavy (non-hydrogen) atoms. The Balaban J connectivity index is 2.07. The molecule has 0 fully saturated rings. The van der Waals surface area contributed by atoms with Gasteiger partial charge in [-0.1, -0.05) is 47.5 Å². The van der Waals surface area contributed by atoms with Gasteiger partial charge in [0.25, 0.3) is 0 Å². The maximum absolute atomic E-state index is 11.9. The summed E-state index contributed by atoms with van der Waals surface area (Å²) in [5.74, 6) is 0.160. The van der Waals surface area contributed by atoms with Crippen molar-refractivity contribution in [1.29, 1.82) is 0 Å². The number of aliphatic imine (C=N–C) groups is 1. The van der Waals surface area contributed by atoms with Gasteiger partial charge in [-0.05, 0) is 26.0 Å². The maximum Gasteiger partial charge on any atom is 0.432 e. The summed E-state index contributed by atoms with van der Waals surface area (Å²) in [6, 6.07) is 14.6. The number of hydrogen-bond acceptors (Lipinski definition) is 4. The smallest absolute Gasteiger partial charge is 0.344 e. The highest BCUT2D eigenvalue weighted by atomic mass is 32.2. The Morgan fingerprint density at radius 1 is 0.818 bits per heavy atom. The average Bonchev–Trinajstić information content (AvgIpc) is 2.47. The molecular formula is C16H14N2O3S. The van der Waals surface area contributed by atoms with Gasteiger partial charge in [-0.15, -0.1) is 4.40 Å². The van der Waals surface area contributed by atoms with Crippen molar-refractivity contribution in [3.8, 4) is 0 Å². The molecule has 0 saturated heterocycles. The van der Waals surface area contributed by atoms with Crippen molar-refractivity contribution in [1.82, 2.24) is 0 Å². The molecule has 0 aromatic heterocycles. The normalized spacial score (nSPS) is 16.5. The molecule has 0 spiro atoms. The number of aryl methyl sites for hydroxylation is 2. The molecule has 0 aliphatic carbocycles. The Morgan fingerprint density at radius 3 is 1.86 bits per heavy atom. The third-order valence-corrected chi connectivity index (χ3v) is 3.96. The Kier molecular flexibility index (Phi) is 3.54. The predicted molar refractivity (Wildman–Crippen MR) is 85.4 cm³/mol. The lowest BCUT2D eigenvalue weighted by molar-refractivity contribution is 0.482. The van der Waals surface area contributed by atoms with Crippen molar-refractivity contribution in [2.75, 3.05) is 0 Å². The molecule has 3 rings (SSSR count). The zero-order valence-corrected chi connectivity index (χ0v) is 13.0. The fourth-order valence-corrected chi connectivity index (χ4v) is 2.72. The summed E-state index contributed by atoms with van der Waals surface area (Å²) >= 11 is 0. The molecule has 1 heterocycles. The Hall–Kier alpha value is -2.47. The van der Waals surface area contributed by atoms with E-state index >= 15 is 0 Å². The molecule has 0 radical (unpaired) electrons. The molecule has 0 saturated carbocycles. The van der Waals surface area contributed by atoms with Crippen molar-refractivity contribution < 1.29 is 12.6 Å². The van der Waals surface area contributed by atoms with Gasteiger partial charge in [-0.25, -0.2) is 0 Å². The summed E-state index contributed by atoms with van der Waals surface area (Å²) in [6.07, 6.45) is 0. The van der Waals surface area contributed by atoms with Gasteiger partial charge in [0.15, 0.2) is 5.84 Å². The van der Waals surface area contributed by atoms with Gasteiger partial charge in [-0.2, -0.15) is 13.4 Å². The van der Waals surface area contributed by atoms with Gasteiger partial charge in [0.1, 0.15) is 0 Å². The van der Waals surface area contributed by atoms with Crippen LogP contribution in [0.4, 0.5) is 0 Å². The van der Waals surface area contributed by atoms with E-state index in [4.69, 9.17) is 4.18 Å². The van der Waals surface area contributed by atoms with Crippen molar-refractivity contribution in [3.05, 3.63) is 70.8 Å². The van der Waals surface area contributed by atoms with Crippen LogP contribution < -0.4 is 0 Å². The highest BCUT2D eigenvalue weighted by Gasteiger charge is 2.24. The van der Waals surface area contributed by atoms with Crippen LogP contribution in [-0.2, 0) is 14.5 Å². The first-order valence-corrected chi connectivity index (χ1v) is 8.07.